The third-order valence-electron chi connectivity index (χ3n) is 4.06. The molecule has 1 aromatic carbocycles. The second-order valence-corrected chi connectivity index (χ2v) is 8.32. The number of halogens is 1. The van der Waals surface area contributed by atoms with Crippen molar-refractivity contribution >= 4 is 55.9 Å². The molecule has 0 spiro atoms. The quantitative estimate of drug-likeness (QED) is 0.625. The molecule has 1 N–H and O–H groups in total. The molecule has 0 saturated carbocycles. The molecule has 0 atom stereocenters. The van der Waals surface area contributed by atoms with Crippen LogP contribution in [0.1, 0.15) is 10.5 Å². The lowest BCUT2D eigenvalue weighted by Crippen LogP contribution is -2.36. The van der Waals surface area contributed by atoms with Crippen LogP contribution in [0.2, 0.25) is 0 Å². The third-order valence-corrected chi connectivity index (χ3v) is 6.13. The standard InChI is InChI=1S/C18H16BrN3O2S2/c19-13-1-2-16(22-4-6-24-7-5-22)14(9-13)20-17(23)15-11-26-18(21-15)12-3-8-25-10-12/h1-3,8-11H,4-7H2,(H,20,23). The predicted octanol–water partition coefficient (Wildman–Crippen LogP) is 4.72. The third kappa shape index (κ3) is 3.83. The molecular formula is C18H16BrN3O2S2. The number of carbonyl (C=O) groups is 1. The lowest BCUT2D eigenvalue weighted by molar-refractivity contribution is 0.102. The highest BCUT2D eigenvalue weighted by Crippen LogP contribution is 2.31. The molecule has 1 aliphatic rings. The first-order valence-corrected chi connectivity index (χ1v) is 10.7. The Morgan fingerprint density at radius 1 is 1.23 bits per heavy atom. The summed E-state index contributed by atoms with van der Waals surface area (Å²) < 4.78 is 6.35. The van der Waals surface area contributed by atoms with Crippen LogP contribution in [-0.4, -0.2) is 37.2 Å². The minimum absolute atomic E-state index is 0.199. The number of amides is 1. The lowest BCUT2D eigenvalue weighted by atomic mass is 10.2. The van der Waals surface area contributed by atoms with E-state index >= 15 is 0 Å². The Hall–Kier alpha value is -1.74. The number of thiazole rings is 1. The molecule has 1 fully saturated rings. The number of thiophene rings is 1. The molecule has 5 nitrogen and oxygen atoms in total. The molecule has 134 valence electrons. The van der Waals surface area contributed by atoms with Crippen molar-refractivity contribution in [2.45, 2.75) is 0 Å². The molecular weight excluding hydrogens is 434 g/mol. The SMILES string of the molecule is O=C(Nc1cc(Br)ccc1N1CCOCC1)c1csc(-c2ccsc2)n1. The first-order valence-electron chi connectivity index (χ1n) is 8.12. The summed E-state index contributed by atoms with van der Waals surface area (Å²) in [7, 11) is 0. The number of morpholine rings is 1. The fourth-order valence-corrected chi connectivity index (χ4v) is 4.64. The van der Waals surface area contributed by atoms with Gasteiger partial charge in [-0.3, -0.25) is 4.79 Å². The zero-order valence-corrected chi connectivity index (χ0v) is 17.0. The highest BCUT2D eigenvalue weighted by atomic mass is 79.9. The van der Waals surface area contributed by atoms with Crippen LogP contribution >= 0.6 is 38.6 Å². The van der Waals surface area contributed by atoms with E-state index in [1.165, 1.54) is 11.3 Å². The summed E-state index contributed by atoms with van der Waals surface area (Å²) in [5.41, 5.74) is 3.26. The van der Waals surface area contributed by atoms with E-state index in [-0.39, 0.29) is 5.91 Å². The average Bonchev–Trinajstić information content (AvgIpc) is 3.34. The van der Waals surface area contributed by atoms with Gasteiger partial charge in [0, 0.05) is 33.9 Å². The van der Waals surface area contributed by atoms with Gasteiger partial charge in [-0.05, 0) is 29.6 Å². The number of carbonyl (C=O) groups excluding carboxylic acids is 1. The van der Waals surface area contributed by atoms with Crippen LogP contribution in [0, 0.1) is 0 Å². The van der Waals surface area contributed by atoms with Gasteiger partial charge in [0.05, 0.1) is 24.6 Å². The molecule has 1 amide bonds. The molecule has 2 aromatic heterocycles. The van der Waals surface area contributed by atoms with E-state index in [0.29, 0.717) is 18.9 Å². The minimum Gasteiger partial charge on any atom is -0.378 e. The summed E-state index contributed by atoms with van der Waals surface area (Å²) in [6.45, 7) is 3.01. The number of hydrogen-bond acceptors (Lipinski definition) is 6. The van der Waals surface area contributed by atoms with Crippen molar-refractivity contribution in [2.24, 2.45) is 0 Å². The molecule has 3 heterocycles. The van der Waals surface area contributed by atoms with Gasteiger partial charge in [0.25, 0.3) is 5.91 Å². The first kappa shape index (κ1) is 17.7. The molecule has 26 heavy (non-hydrogen) atoms. The van der Waals surface area contributed by atoms with Crippen molar-refractivity contribution in [3.63, 3.8) is 0 Å². The molecule has 0 aliphatic carbocycles. The topological polar surface area (TPSA) is 54.5 Å². The second-order valence-electron chi connectivity index (χ2n) is 5.76. The van der Waals surface area contributed by atoms with E-state index in [1.54, 1.807) is 16.7 Å². The molecule has 4 rings (SSSR count). The van der Waals surface area contributed by atoms with Gasteiger partial charge in [-0.15, -0.1) is 11.3 Å². The normalized spacial score (nSPS) is 14.4. The summed E-state index contributed by atoms with van der Waals surface area (Å²) >= 11 is 6.59. The van der Waals surface area contributed by atoms with Crippen molar-refractivity contribution in [1.29, 1.82) is 0 Å². The molecule has 1 aliphatic heterocycles. The zero-order chi connectivity index (χ0) is 17.9. The van der Waals surface area contributed by atoms with Crippen molar-refractivity contribution < 1.29 is 9.53 Å². The van der Waals surface area contributed by atoms with E-state index in [1.807, 2.05) is 35.0 Å². The fraction of sp³-hybridized carbons (Fsp3) is 0.222. The van der Waals surface area contributed by atoms with Gasteiger partial charge < -0.3 is 15.0 Å². The van der Waals surface area contributed by atoms with Gasteiger partial charge in [0.1, 0.15) is 10.7 Å². The highest BCUT2D eigenvalue weighted by Gasteiger charge is 2.18. The Morgan fingerprint density at radius 2 is 2.08 bits per heavy atom. The Kier molecular flexibility index (Phi) is 5.35. The van der Waals surface area contributed by atoms with E-state index in [2.05, 4.69) is 31.1 Å². The van der Waals surface area contributed by atoms with Gasteiger partial charge in [-0.2, -0.15) is 11.3 Å². The Labute approximate surface area is 167 Å². The highest BCUT2D eigenvalue weighted by molar-refractivity contribution is 9.10. The number of ether oxygens (including phenoxy) is 1. The van der Waals surface area contributed by atoms with Gasteiger partial charge in [-0.25, -0.2) is 4.98 Å². The van der Waals surface area contributed by atoms with Crippen LogP contribution in [0.15, 0.2) is 44.9 Å². The van der Waals surface area contributed by atoms with Crippen molar-refractivity contribution in [3.8, 4) is 10.6 Å². The molecule has 0 bridgehead atoms. The van der Waals surface area contributed by atoms with E-state index in [0.717, 1.165) is 39.5 Å². The predicted molar refractivity (Wildman–Crippen MR) is 111 cm³/mol. The number of hydrogen-bond donors (Lipinski definition) is 1. The fourth-order valence-electron chi connectivity index (χ4n) is 2.77. The zero-order valence-electron chi connectivity index (χ0n) is 13.8. The molecule has 8 heteroatoms. The van der Waals surface area contributed by atoms with Gasteiger partial charge in [-0.1, -0.05) is 15.9 Å². The van der Waals surface area contributed by atoms with Crippen molar-refractivity contribution in [1.82, 2.24) is 4.98 Å². The largest absolute Gasteiger partial charge is 0.378 e. The summed E-state index contributed by atoms with van der Waals surface area (Å²) in [4.78, 5) is 19.4. The first-order chi connectivity index (χ1) is 12.7. The van der Waals surface area contributed by atoms with Crippen LogP contribution in [0.4, 0.5) is 11.4 Å². The Balaban J connectivity index is 1.56. The number of benzene rings is 1. The van der Waals surface area contributed by atoms with Gasteiger partial charge >= 0.3 is 0 Å². The second kappa shape index (κ2) is 7.87. The van der Waals surface area contributed by atoms with Gasteiger partial charge in [0.2, 0.25) is 0 Å². The average molecular weight is 450 g/mol. The monoisotopic (exact) mass is 449 g/mol. The molecule has 0 unspecified atom stereocenters. The van der Waals surface area contributed by atoms with E-state index < -0.39 is 0 Å². The van der Waals surface area contributed by atoms with Crippen LogP contribution in [0.5, 0.6) is 0 Å². The van der Waals surface area contributed by atoms with Crippen LogP contribution in [0.25, 0.3) is 10.6 Å². The maximum atomic E-state index is 12.7. The maximum absolute atomic E-state index is 12.7. The lowest BCUT2D eigenvalue weighted by Gasteiger charge is -2.30. The van der Waals surface area contributed by atoms with Crippen LogP contribution in [0.3, 0.4) is 0 Å². The van der Waals surface area contributed by atoms with Gasteiger partial charge in [0.15, 0.2) is 0 Å². The summed E-state index contributed by atoms with van der Waals surface area (Å²) in [5.74, 6) is -0.199. The Morgan fingerprint density at radius 3 is 2.85 bits per heavy atom. The number of anilines is 2. The van der Waals surface area contributed by atoms with E-state index in [4.69, 9.17) is 4.74 Å². The number of nitrogens with one attached hydrogen (secondary N) is 1. The molecule has 3 aromatic rings. The molecule has 0 radical (unpaired) electrons. The van der Waals surface area contributed by atoms with Crippen LogP contribution < -0.4 is 10.2 Å². The summed E-state index contributed by atoms with van der Waals surface area (Å²) in [6, 6.07) is 7.94. The maximum Gasteiger partial charge on any atom is 0.275 e. The van der Waals surface area contributed by atoms with Crippen molar-refractivity contribution in [3.05, 3.63) is 50.6 Å². The summed E-state index contributed by atoms with van der Waals surface area (Å²) in [5, 5.41) is 9.72. The Bertz CT molecular complexity index is 905. The number of rotatable bonds is 4. The number of aromatic nitrogens is 1. The summed E-state index contributed by atoms with van der Waals surface area (Å²) in [6.07, 6.45) is 0. The van der Waals surface area contributed by atoms with Crippen molar-refractivity contribution in [2.75, 3.05) is 36.5 Å². The van der Waals surface area contributed by atoms with E-state index in [9.17, 15) is 4.79 Å². The molecule has 1 saturated heterocycles. The minimum atomic E-state index is -0.199. The number of nitrogens with zero attached hydrogens (tertiary/aromatic N) is 2. The van der Waals surface area contributed by atoms with Crippen LogP contribution in [-0.2, 0) is 4.74 Å². The smallest absolute Gasteiger partial charge is 0.275 e.